The minimum atomic E-state index is -3.86. The van der Waals surface area contributed by atoms with E-state index in [4.69, 9.17) is 11.6 Å². The molecule has 168 valence electrons. The molecule has 9 nitrogen and oxygen atoms in total. The van der Waals surface area contributed by atoms with Crippen molar-refractivity contribution in [3.05, 3.63) is 89.2 Å². The lowest BCUT2D eigenvalue weighted by Gasteiger charge is -2.13. The number of hydrogen-bond donors (Lipinski definition) is 2. The number of tetrazole rings is 1. The Bertz CT molecular complexity index is 1370. The van der Waals surface area contributed by atoms with Crippen LogP contribution in [0.1, 0.15) is 11.1 Å². The van der Waals surface area contributed by atoms with Crippen molar-refractivity contribution in [2.45, 2.75) is 18.2 Å². The molecule has 0 aliphatic heterocycles. The van der Waals surface area contributed by atoms with Gasteiger partial charge in [0.05, 0.1) is 17.0 Å². The lowest BCUT2D eigenvalue weighted by atomic mass is 10.1. The molecule has 0 radical (unpaired) electrons. The molecule has 0 fully saturated rings. The fraction of sp³-hybridized carbons (Fsp3) is 0.0909. The molecule has 0 saturated heterocycles. The standard InChI is InChI=1S/C22H19ClN6O3S/c1-15-2-7-19(13-21(15)33(31,32)26-18-8-5-17(23)6-9-18)25-22(30)12-16-3-10-20(11-4-16)29-14-24-27-28-29/h2-11,13-14,26H,12H2,1H3,(H,25,30). The summed E-state index contributed by atoms with van der Waals surface area (Å²) in [5.74, 6) is -0.275. The Morgan fingerprint density at radius 3 is 2.36 bits per heavy atom. The molecule has 1 amide bonds. The van der Waals surface area contributed by atoms with Crippen LogP contribution in [-0.2, 0) is 21.2 Å². The molecular formula is C22H19ClN6O3S. The first kappa shape index (κ1) is 22.4. The maximum atomic E-state index is 12.9. The molecule has 3 aromatic carbocycles. The number of anilines is 2. The number of hydrogen-bond acceptors (Lipinski definition) is 6. The first-order valence-corrected chi connectivity index (χ1v) is 11.7. The van der Waals surface area contributed by atoms with Gasteiger partial charge in [-0.3, -0.25) is 9.52 Å². The van der Waals surface area contributed by atoms with Crippen LogP contribution >= 0.6 is 11.6 Å². The van der Waals surface area contributed by atoms with Gasteiger partial charge in [-0.25, -0.2) is 13.1 Å². The second-order valence-electron chi connectivity index (χ2n) is 7.24. The number of rotatable bonds is 7. The van der Waals surface area contributed by atoms with E-state index in [0.717, 1.165) is 11.3 Å². The van der Waals surface area contributed by atoms with Gasteiger partial charge in [-0.1, -0.05) is 29.8 Å². The highest BCUT2D eigenvalue weighted by atomic mass is 35.5. The Balaban J connectivity index is 1.45. The van der Waals surface area contributed by atoms with E-state index in [-0.39, 0.29) is 17.2 Å². The molecule has 0 aliphatic rings. The number of carbonyl (C=O) groups is 1. The Labute approximate surface area is 195 Å². The quantitative estimate of drug-likeness (QED) is 0.415. The molecule has 4 rings (SSSR count). The number of benzene rings is 3. The molecule has 4 aromatic rings. The summed E-state index contributed by atoms with van der Waals surface area (Å²) in [6, 6.07) is 18.3. The number of halogens is 1. The lowest BCUT2D eigenvalue weighted by molar-refractivity contribution is -0.115. The topological polar surface area (TPSA) is 119 Å². The summed E-state index contributed by atoms with van der Waals surface area (Å²) in [6.07, 6.45) is 1.60. The molecule has 1 heterocycles. The lowest BCUT2D eigenvalue weighted by Crippen LogP contribution is -2.17. The Hall–Kier alpha value is -3.76. The van der Waals surface area contributed by atoms with Gasteiger partial charge in [-0.05, 0) is 77.0 Å². The highest BCUT2D eigenvalue weighted by molar-refractivity contribution is 7.92. The second-order valence-corrected chi connectivity index (χ2v) is 9.33. The zero-order valence-electron chi connectivity index (χ0n) is 17.4. The minimum Gasteiger partial charge on any atom is -0.326 e. The molecule has 0 atom stereocenters. The first-order valence-electron chi connectivity index (χ1n) is 9.81. The van der Waals surface area contributed by atoms with E-state index in [1.807, 2.05) is 0 Å². The fourth-order valence-corrected chi connectivity index (χ4v) is 4.59. The van der Waals surface area contributed by atoms with Crippen molar-refractivity contribution in [3.8, 4) is 5.69 Å². The van der Waals surface area contributed by atoms with Crippen molar-refractivity contribution in [2.75, 3.05) is 10.0 Å². The van der Waals surface area contributed by atoms with E-state index < -0.39 is 10.0 Å². The van der Waals surface area contributed by atoms with Crippen LogP contribution in [0.2, 0.25) is 5.02 Å². The second kappa shape index (κ2) is 9.39. The number of carbonyl (C=O) groups excluding carboxylic acids is 1. The van der Waals surface area contributed by atoms with Crippen molar-refractivity contribution >= 4 is 38.9 Å². The summed E-state index contributed by atoms with van der Waals surface area (Å²) in [7, 11) is -3.86. The van der Waals surface area contributed by atoms with Gasteiger partial charge in [0.2, 0.25) is 5.91 Å². The highest BCUT2D eigenvalue weighted by Crippen LogP contribution is 2.24. The molecule has 11 heteroatoms. The molecule has 0 unspecified atom stereocenters. The van der Waals surface area contributed by atoms with Gasteiger partial charge in [-0.15, -0.1) is 5.10 Å². The monoisotopic (exact) mass is 482 g/mol. The first-order chi connectivity index (χ1) is 15.8. The molecule has 33 heavy (non-hydrogen) atoms. The minimum absolute atomic E-state index is 0.0704. The van der Waals surface area contributed by atoms with Gasteiger partial charge in [0.1, 0.15) is 6.33 Å². The van der Waals surface area contributed by atoms with Gasteiger partial charge < -0.3 is 5.32 Å². The van der Waals surface area contributed by atoms with E-state index >= 15 is 0 Å². The van der Waals surface area contributed by atoms with E-state index in [1.165, 1.54) is 17.1 Å². The molecule has 2 N–H and O–H groups in total. The van der Waals surface area contributed by atoms with Crippen LogP contribution < -0.4 is 10.0 Å². The van der Waals surface area contributed by atoms with Crippen molar-refractivity contribution in [2.24, 2.45) is 0 Å². The number of amides is 1. The maximum absolute atomic E-state index is 12.9. The zero-order chi connectivity index (χ0) is 23.4. The van der Waals surface area contributed by atoms with Crippen LogP contribution in [0.25, 0.3) is 5.69 Å². The van der Waals surface area contributed by atoms with Crippen LogP contribution in [0.4, 0.5) is 11.4 Å². The van der Waals surface area contributed by atoms with Gasteiger partial charge in [0.25, 0.3) is 10.0 Å². The van der Waals surface area contributed by atoms with Crippen LogP contribution in [0, 0.1) is 6.92 Å². The highest BCUT2D eigenvalue weighted by Gasteiger charge is 2.18. The summed E-state index contributed by atoms with van der Waals surface area (Å²) >= 11 is 5.86. The van der Waals surface area contributed by atoms with Gasteiger partial charge in [0, 0.05) is 16.4 Å². The third-order valence-corrected chi connectivity index (χ3v) is 6.55. The van der Waals surface area contributed by atoms with Crippen LogP contribution in [0.3, 0.4) is 0 Å². The van der Waals surface area contributed by atoms with Crippen molar-refractivity contribution < 1.29 is 13.2 Å². The van der Waals surface area contributed by atoms with E-state index in [1.54, 1.807) is 67.6 Å². The SMILES string of the molecule is Cc1ccc(NC(=O)Cc2ccc(-n3cnnn3)cc2)cc1S(=O)(=O)Nc1ccc(Cl)cc1. The normalized spacial score (nSPS) is 11.2. The van der Waals surface area contributed by atoms with Crippen LogP contribution in [0.15, 0.2) is 78.0 Å². The van der Waals surface area contributed by atoms with Crippen LogP contribution in [-0.4, -0.2) is 34.5 Å². The Morgan fingerprint density at radius 1 is 1.00 bits per heavy atom. The summed E-state index contributed by atoms with van der Waals surface area (Å²) in [4.78, 5) is 12.6. The van der Waals surface area contributed by atoms with E-state index in [0.29, 0.717) is 22.0 Å². The molecule has 0 saturated carbocycles. The molecule has 0 spiro atoms. The molecular weight excluding hydrogens is 464 g/mol. The maximum Gasteiger partial charge on any atom is 0.262 e. The number of nitrogens with one attached hydrogen (secondary N) is 2. The summed E-state index contributed by atoms with van der Waals surface area (Å²) in [5, 5.41) is 14.3. The average Bonchev–Trinajstić information content (AvgIpc) is 3.32. The Kier molecular flexibility index (Phi) is 6.38. The zero-order valence-corrected chi connectivity index (χ0v) is 19.0. The largest absolute Gasteiger partial charge is 0.326 e. The predicted octanol–water partition coefficient (Wildman–Crippen LogP) is 3.61. The number of sulfonamides is 1. The number of aryl methyl sites for hydroxylation is 1. The van der Waals surface area contributed by atoms with Gasteiger partial charge in [0.15, 0.2) is 0 Å². The molecule has 1 aromatic heterocycles. The Morgan fingerprint density at radius 2 is 1.70 bits per heavy atom. The molecule has 0 aliphatic carbocycles. The van der Waals surface area contributed by atoms with Gasteiger partial charge >= 0.3 is 0 Å². The van der Waals surface area contributed by atoms with E-state index in [2.05, 4.69) is 25.6 Å². The number of aromatic nitrogens is 4. The fourth-order valence-electron chi connectivity index (χ4n) is 3.13. The third-order valence-electron chi connectivity index (χ3n) is 4.77. The summed E-state index contributed by atoms with van der Waals surface area (Å²) < 4.78 is 29.8. The number of nitrogens with zero attached hydrogens (tertiary/aromatic N) is 4. The third kappa shape index (κ3) is 5.54. The van der Waals surface area contributed by atoms with Crippen molar-refractivity contribution in [1.29, 1.82) is 0 Å². The average molecular weight is 483 g/mol. The van der Waals surface area contributed by atoms with Crippen LogP contribution in [0.5, 0.6) is 0 Å². The van der Waals surface area contributed by atoms with Crippen molar-refractivity contribution in [1.82, 2.24) is 20.2 Å². The smallest absolute Gasteiger partial charge is 0.262 e. The summed E-state index contributed by atoms with van der Waals surface area (Å²) in [5.41, 5.74) is 2.87. The van der Waals surface area contributed by atoms with Crippen molar-refractivity contribution in [3.63, 3.8) is 0 Å². The van der Waals surface area contributed by atoms with Gasteiger partial charge in [-0.2, -0.15) is 0 Å². The molecule has 0 bridgehead atoms. The predicted molar refractivity (Wildman–Crippen MR) is 125 cm³/mol. The van der Waals surface area contributed by atoms with E-state index in [9.17, 15) is 13.2 Å². The summed E-state index contributed by atoms with van der Waals surface area (Å²) in [6.45, 7) is 1.69.